The second-order valence-electron chi connectivity index (χ2n) is 9.51. The number of benzene rings is 1. The molecule has 11 heteroatoms. The summed E-state index contributed by atoms with van der Waals surface area (Å²) in [5, 5.41) is 17.2. The fourth-order valence-corrected chi connectivity index (χ4v) is 4.58. The van der Waals surface area contributed by atoms with Crippen molar-refractivity contribution in [1.82, 2.24) is 29.6 Å². The number of nitrogens with one attached hydrogen (secondary N) is 2. The third kappa shape index (κ3) is 3.84. The van der Waals surface area contributed by atoms with E-state index in [9.17, 15) is 18.7 Å². The molecule has 0 bridgehead atoms. The summed E-state index contributed by atoms with van der Waals surface area (Å²) >= 11 is 0. The van der Waals surface area contributed by atoms with Gasteiger partial charge in [-0.05, 0) is 68.1 Å². The molecular weight excluding hydrogens is 468 g/mol. The fraction of sp³-hybridized carbons (Fsp3) is 0.360. The van der Waals surface area contributed by atoms with Crippen LogP contribution in [-0.2, 0) is 18.6 Å². The number of halogens is 2. The summed E-state index contributed by atoms with van der Waals surface area (Å²) in [5.41, 5.74) is 1.23. The van der Waals surface area contributed by atoms with Crippen LogP contribution in [0.5, 0.6) is 0 Å². The molecule has 0 spiro atoms. The maximum absolute atomic E-state index is 13.5. The first-order valence-electron chi connectivity index (χ1n) is 11.9. The van der Waals surface area contributed by atoms with Crippen molar-refractivity contribution in [3.05, 3.63) is 69.9 Å². The number of rotatable bonds is 6. The van der Waals surface area contributed by atoms with Gasteiger partial charge in [0.15, 0.2) is 11.2 Å². The Kier molecular flexibility index (Phi) is 5.34. The second-order valence-corrected chi connectivity index (χ2v) is 9.51. The number of anilines is 2. The molecule has 2 aliphatic rings. The van der Waals surface area contributed by atoms with Gasteiger partial charge in [-0.15, -0.1) is 0 Å². The van der Waals surface area contributed by atoms with Crippen LogP contribution in [0.2, 0.25) is 0 Å². The Bertz CT molecular complexity index is 1520. The van der Waals surface area contributed by atoms with Crippen molar-refractivity contribution in [3.8, 4) is 5.69 Å². The summed E-state index contributed by atoms with van der Waals surface area (Å²) in [6.45, 7) is 2.78. The highest BCUT2D eigenvalue weighted by Crippen LogP contribution is 2.36. The Morgan fingerprint density at radius 1 is 1.19 bits per heavy atom. The summed E-state index contributed by atoms with van der Waals surface area (Å²) in [6.07, 6.45) is 2.38. The molecule has 1 unspecified atom stereocenters. The van der Waals surface area contributed by atoms with Gasteiger partial charge in [-0.25, -0.2) is 23.1 Å². The summed E-state index contributed by atoms with van der Waals surface area (Å²) < 4.78 is 30.2. The third-order valence-corrected chi connectivity index (χ3v) is 6.80. The lowest BCUT2D eigenvalue weighted by Crippen LogP contribution is -2.31. The Balaban J connectivity index is 1.46. The van der Waals surface area contributed by atoms with E-state index in [1.165, 1.54) is 29.6 Å². The van der Waals surface area contributed by atoms with Crippen LogP contribution in [0.25, 0.3) is 16.7 Å². The summed E-state index contributed by atoms with van der Waals surface area (Å²) in [6, 6.07) is 9.06. The minimum atomic E-state index is -3.03. The molecule has 4 aromatic rings. The van der Waals surface area contributed by atoms with Crippen LogP contribution in [-0.4, -0.2) is 42.4 Å². The molecule has 186 valence electrons. The average Bonchev–Trinajstić information content (AvgIpc) is 3.67. The number of hydrogen-bond acceptors (Lipinski definition) is 7. The van der Waals surface area contributed by atoms with Crippen LogP contribution in [0, 0.1) is 0 Å². The number of hydrogen-bond donors (Lipinski definition) is 3. The predicted octanol–water partition coefficient (Wildman–Crippen LogP) is 3.17. The van der Waals surface area contributed by atoms with E-state index in [0.717, 1.165) is 45.0 Å². The van der Waals surface area contributed by atoms with Crippen molar-refractivity contribution in [2.75, 3.05) is 11.9 Å². The zero-order valence-corrected chi connectivity index (χ0v) is 19.6. The summed E-state index contributed by atoms with van der Waals surface area (Å²) in [4.78, 5) is 26.3. The highest BCUT2D eigenvalue weighted by atomic mass is 19.3. The number of aliphatic hydroxyl groups is 1. The van der Waals surface area contributed by atoms with E-state index in [0.29, 0.717) is 22.7 Å². The smallest absolute Gasteiger partial charge is 0.278 e. The van der Waals surface area contributed by atoms with Gasteiger partial charge in [-0.2, -0.15) is 4.98 Å². The molecule has 0 amide bonds. The molecular formula is C25H25F2N7O2. The Morgan fingerprint density at radius 2 is 2.03 bits per heavy atom. The molecule has 3 aromatic heterocycles. The van der Waals surface area contributed by atoms with Gasteiger partial charge in [-0.3, -0.25) is 9.78 Å². The van der Waals surface area contributed by atoms with Gasteiger partial charge >= 0.3 is 0 Å². The van der Waals surface area contributed by atoms with Gasteiger partial charge in [0, 0.05) is 24.6 Å². The SMILES string of the molecule is CC(O)(c1cc(-n2c3nc(Nc4ccc5c(c4)CCNC5)ncc3c(=O)n2C2CC2)ccn1)C(F)F. The molecule has 1 atom stereocenters. The lowest BCUT2D eigenvalue weighted by Gasteiger charge is -2.22. The standard InChI is InChI=1S/C25H25F2N7O2/c1-25(36,23(26)27)20-11-18(7-9-29-20)33-21-19(22(35)34(33)17-4-5-17)13-30-24(32-21)31-16-3-2-15-12-28-8-6-14(15)10-16/h2-3,7,9-11,13,17,23,28,36H,4-6,8,12H2,1H3,(H,30,31,32). The lowest BCUT2D eigenvalue weighted by atomic mass is 10.0. The average molecular weight is 494 g/mol. The molecule has 4 heterocycles. The molecule has 0 radical (unpaired) electrons. The molecule has 3 N–H and O–H groups in total. The van der Waals surface area contributed by atoms with Crippen LogP contribution in [0.15, 0.2) is 47.5 Å². The molecule has 1 aromatic carbocycles. The van der Waals surface area contributed by atoms with E-state index in [2.05, 4.69) is 37.7 Å². The van der Waals surface area contributed by atoms with Gasteiger partial charge in [0.05, 0.1) is 17.4 Å². The van der Waals surface area contributed by atoms with Gasteiger partial charge in [0.2, 0.25) is 5.95 Å². The first-order chi connectivity index (χ1) is 17.3. The molecule has 1 fully saturated rings. The van der Waals surface area contributed by atoms with Crippen LogP contribution < -0.4 is 16.2 Å². The van der Waals surface area contributed by atoms with Crippen LogP contribution >= 0.6 is 0 Å². The normalized spacial score (nSPS) is 17.2. The summed E-state index contributed by atoms with van der Waals surface area (Å²) in [7, 11) is 0. The number of alkyl halides is 2. The van der Waals surface area contributed by atoms with Gasteiger partial charge in [0.25, 0.3) is 12.0 Å². The van der Waals surface area contributed by atoms with Crippen molar-refractivity contribution in [2.24, 2.45) is 0 Å². The van der Waals surface area contributed by atoms with Crippen molar-refractivity contribution in [1.29, 1.82) is 0 Å². The minimum absolute atomic E-state index is 0.0235. The largest absolute Gasteiger partial charge is 0.378 e. The van der Waals surface area contributed by atoms with E-state index in [-0.39, 0.29) is 17.3 Å². The third-order valence-electron chi connectivity index (χ3n) is 6.80. The highest BCUT2D eigenvalue weighted by molar-refractivity contribution is 5.77. The van der Waals surface area contributed by atoms with Gasteiger partial charge in [-0.1, -0.05) is 6.07 Å². The van der Waals surface area contributed by atoms with E-state index >= 15 is 0 Å². The van der Waals surface area contributed by atoms with Crippen molar-refractivity contribution in [2.45, 2.75) is 50.8 Å². The van der Waals surface area contributed by atoms with E-state index < -0.39 is 12.0 Å². The van der Waals surface area contributed by atoms with Crippen LogP contribution in [0.1, 0.15) is 42.6 Å². The Hall–Kier alpha value is -3.70. The van der Waals surface area contributed by atoms with Crippen LogP contribution in [0.3, 0.4) is 0 Å². The fourth-order valence-electron chi connectivity index (χ4n) is 4.58. The molecule has 9 nitrogen and oxygen atoms in total. The van der Waals surface area contributed by atoms with Crippen molar-refractivity contribution in [3.63, 3.8) is 0 Å². The Morgan fingerprint density at radius 3 is 2.81 bits per heavy atom. The monoisotopic (exact) mass is 493 g/mol. The van der Waals surface area contributed by atoms with E-state index in [1.54, 1.807) is 15.4 Å². The maximum Gasteiger partial charge on any atom is 0.278 e. The molecule has 0 saturated heterocycles. The molecule has 1 aliphatic carbocycles. The van der Waals surface area contributed by atoms with Crippen molar-refractivity contribution < 1.29 is 13.9 Å². The quantitative estimate of drug-likeness (QED) is 0.379. The topological polar surface area (TPSA) is 110 Å². The van der Waals surface area contributed by atoms with E-state index in [4.69, 9.17) is 0 Å². The Labute approximate surface area is 204 Å². The van der Waals surface area contributed by atoms with Gasteiger partial charge < -0.3 is 15.7 Å². The zero-order valence-electron chi connectivity index (χ0n) is 19.6. The number of aromatic nitrogens is 5. The number of fused-ring (bicyclic) bond motifs is 2. The molecule has 1 aliphatic heterocycles. The highest BCUT2D eigenvalue weighted by Gasteiger charge is 2.37. The van der Waals surface area contributed by atoms with Crippen LogP contribution in [0.4, 0.5) is 20.4 Å². The zero-order chi connectivity index (χ0) is 25.0. The number of nitrogens with zero attached hydrogens (tertiary/aromatic N) is 5. The first kappa shape index (κ1) is 22.7. The van der Waals surface area contributed by atoms with E-state index in [1.807, 2.05) is 6.07 Å². The summed E-state index contributed by atoms with van der Waals surface area (Å²) in [5.74, 6) is 0.312. The predicted molar refractivity (Wildman–Crippen MR) is 130 cm³/mol. The van der Waals surface area contributed by atoms with Crippen molar-refractivity contribution >= 4 is 22.7 Å². The minimum Gasteiger partial charge on any atom is -0.378 e. The van der Waals surface area contributed by atoms with Gasteiger partial charge in [0.1, 0.15) is 5.39 Å². The molecule has 1 saturated carbocycles. The maximum atomic E-state index is 13.5. The lowest BCUT2D eigenvalue weighted by molar-refractivity contribution is -0.0910. The second kappa shape index (κ2) is 8.45. The molecule has 6 rings (SSSR count). The first-order valence-corrected chi connectivity index (χ1v) is 11.9. The number of pyridine rings is 1. The molecule has 36 heavy (non-hydrogen) atoms.